The van der Waals surface area contributed by atoms with Crippen molar-refractivity contribution < 1.29 is 5.11 Å². The molecule has 1 saturated carbocycles. The Kier molecular flexibility index (Phi) is 4.84. The second-order valence-corrected chi connectivity index (χ2v) is 7.41. The maximum Gasteiger partial charge on any atom is 0.258 e. The van der Waals surface area contributed by atoms with Gasteiger partial charge in [-0.1, -0.05) is 12.1 Å². The highest BCUT2D eigenvalue weighted by Crippen LogP contribution is 2.32. The van der Waals surface area contributed by atoms with E-state index in [1.54, 1.807) is 0 Å². The topological polar surface area (TPSA) is 66.0 Å². The van der Waals surface area contributed by atoms with Gasteiger partial charge in [-0.05, 0) is 50.2 Å². The van der Waals surface area contributed by atoms with Crippen molar-refractivity contribution in [3.05, 3.63) is 39.9 Å². The van der Waals surface area contributed by atoms with Crippen LogP contribution < -0.4 is 5.56 Å². The summed E-state index contributed by atoms with van der Waals surface area (Å²) in [7, 11) is 0. The molecular formula is C17H22N2O2S. The van der Waals surface area contributed by atoms with E-state index in [4.69, 9.17) is 0 Å². The van der Waals surface area contributed by atoms with Crippen LogP contribution in [0.3, 0.4) is 0 Å². The molecule has 0 aliphatic heterocycles. The number of aromatic amines is 1. The van der Waals surface area contributed by atoms with E-state index in [9.17, 15) is 9.90 Å². The number of hydrogen-bond acceptors (Lipinski definition) is 4. The summed E-state index contributed by atoms with van der Waals surface area (Å²) in [4.78, 5) is 19.7. The van der Waals surface area contributed by atoms with E-state index in [1.807, 2.05) is 36.9 Å². The van der Waals surface area contributed by atoms with E-state index in [0.717, 1.165) is 48.3 Å². The lowest BCUT2D eigenvalue weighted by Crippen LogP contribution is -2.19. The number of nitrogens with zero attached hydrogens (tertiary/aromatic N) is 1. The van der Waals surface area contributed by atoms with Crippen molar-refractivity contribution in [3.63, 3.8) is 0 Å². The minimum Gasteiger partial charge on any atom is -0.396 e. The van der Waals surface area contributed by atoms with Crippen LogP contribution in [0.5, 0.6) is 0 Å². The summed E-state index contributed by atoms with van der Waals surface area (Å²) in [6.07, 6.45) is 4.50. The number of thioether (sulfide) groups is 1. The van der Waals surface area contributed by atoms with E-state index < -0.39 is 0 Å². The first-order valence-corrected chi connectivity index (χ1v) is 8.93. The van der Waals surface area contributed by atoms with E-state index in [-0.39, 0.29) is 5.56 Å². The van der Waals surface area contributed by atoms with Gasteiger partial charge in [0.2, 0.25) is 0 Å². The molecule has 2 aromatic rings. The van der Waals surface area contributed by atoms with Crippen LogP contribution in [0.15, 0.2) is 23.0 Å². The van der Waals surface area contributed by atoms with Gasteiger partial charge in [-0.3, -0.25) is 4.79 Å². The molecule has 0 bridgehead atoms. The Morgan fingerprint density at radius 1 is 1.32 bits per heavy atom. The van der Waals surface area contributed by atoms with Gasteiger partial charge in [0.15, 0.2) is 0 Å². The minimum atomic E-state index is -0.0479. The summed E-state index contributed by atoms with van der Waals surface area (Å²) in [6, 6.07) is 5.70. The number of H-pyrrole nitrogens is 1. The Morgan fingerprint density at radius 3 is 2.82 bits per heavy atom. The third-order valence-corrected chi connectivity index (χ3v) is 5.88. The minimum absolute atomic E-state index is 0.0479. The van der Waals surface area contributed by atoms with Gasteiger partial charge in [0.1, 0.15) is 5.82 Å². The van der Waals surface area contributed by atoms with Crippen molar-refractivity contribution in [2.24, 2.45) is 5.92 Å². The molecule has 1 aliphatic carbocycles. The van der Waals surface area contributed by atoms with Crippen molar-refractivity contribution in [1.82, 2.24) is 9.97 Å². The fourth-order valence-corrected chi connectivity index (χ4v) is 4.23. The molecule has 1 aliphatic rings. The summed E-state index contributed by atoms with van der Waals surface area (Å²) in [5.41, 5.74) is 1.80. The molecule has 3 rings (SSSR count). The second-order valence-electron chi connectivity index (χ2n) is 6.12. The Hall–Kier alpha value is -1.33. The molecule has 2 N–H and O–H groups in total. The van der Waals surface area contributed by atoms with Gasteiger partial charge in [-0.2, -0.15) is 11.8 Å². The number of aliphatic hydroxyl groups is 1. The van der Waals surface area contributed by atoms with Gasteiger partial charge in [-0.15, -0.1) is 0 Å². The molecule has 0 amide bonds. The molecule has 0 saturated heterocycles. The van der Waals surface area contributed by atoms with E-state index in [2.05, 4.69) is 9.97 Å². The molecule has 5 heteroatoms. The van der Waals surface area contributed by atoms with Gasteiger partial charge in [-0.25, -0.2) is 4.98 Å². The van der Waals surface area contributed by atoms with Crippen LogP contribution in [0.25, 0.3) is 10.9 Å². The molecule has 4 nitrogen and oxygen atoms in total. The first-order valence-electron chi connectivity index (χ1n) is 7.88. The molecule has 1 fully saturated rings. The average molecular weight is 318 g/mol. The van der Waals surface area contributed by atoms with Gasteiger partial charge >= 0.3 is 0 Å². The zero-order valence-corrected chi connectivity index (χ0v) is 13.7. The number of rotatable bonds is 4. The molecule has 22 heavy (non-hydrogen) atoms. The zero-order valence-electron chi connectivity index (χ0n) is 12.8. The fourth-order valence-electron chi connectivity index (χ4n) is 3.10. The number of fused-ring (bicyclic) bond motifs is 1. The van der Waals surface area contributed by atoms with E-state index in [1.165, 1.54) is 0 Å². The monoisotopic (exact) mass is 318 g/mol. The molecule has 0 spiro atoms. The smallest absolute Gasteiger partial charge is 0.258 e. The highest BCUT2D eigenvalue weighted by Gasteiger charge is 2.21. The largest absolute Gasteiger partial charge is 0.396 e. The van der Waals surface area contributed by atoms with Crippen LogP contribution in [-0.2, 0) is 5.75 Å². The summed E-state index contributed by atoms with van der Waals surface area (Å²) in [5.74, 6) is 1.99. The lowest BCUT2D eigenvalue weighted by atomic mass is 9.90. The maximum atomic E-state index is 12.2. The fraction of sp³-hybridized carbons (Fsp3) is 0.529. The number of benzene rings is 1. The summed E-state index contributed by atoms with van der Waals surface area (Å²) >= 11 is 1.87. The first-order chi connectivity index (χ1) is 10.7. The standard InChI is InChI=1S/C17H22N2O2S/c1-11-3-2-4-14-16(11)18-15(19-17(14)21)10-22-13-7-5-12(9-20)6-8-13/h2-4,12-13,20H,5-10H2,1H3,(H,18,19,21)/t12-,13-. The maximum absolute atomic E-state index is 12.2. The molecule has 1 heterocycles. The molecule has 0 atom stereocenters. The molecule has 1 aromatic carbocycles. The summed E-state index contributed by atoms with van der Waals surface area (Å²) < 4.78 is 0. The van der Waals surface area contributed by atoms with Gasteiger partial charge < -0.3 is 10.1 Å². The van der Waals surface area contributed by atoms with Crippen molar-refractivity contribution in [1.29, 1.82) is 0 Å². The Balaban J connectivity index is 1.70. The number of para-hydroxylation sites is 1. The predicted octanol–water partition coefficient (Wildman–Crippen LogP) is 3.02. The van der Waals surface area contributed by atoms with Gasteiger partial charge in [0.05, 0.1) is 16.7 Å². The third-order valence-electron chi connectivity index (χ3n) is 4.49. The van der Waals surface area contributed by atoms with Crippen LogP contribution in [0.4, 0.5) is 0 Å². The number of nitrogens with one attached hydrogen (secondary N) is 1. The highest BCUT2D eigenvalue weighted by atomic mass is 32.2. The highest BCUT2D eigenvalue weighted by molar-refractivity contribution is 7.99. The zero-order chi connectivity index (χ0) is 15.5. The Bertz CT molecular complexity index is 705. The Morgan fingerprint density at radius 2 is 2.09 bits per heavy atom. The Labute approximate surface area is 134 Å². The summed E-state index contributed by atoms with van der Waals surface area (Å²) in [6.45, 7) is 2.30. The molecule has 0 unspecified atom stereocenters. The van der Waals surface area contributed by atoms with Crippen molar-refractivity contribution in [2.75, 3.05) is 6.61 Å². The second kappa shape index (κ2) is 6.84. The van der Waals surface area contributed by atoms with E-state index in [0.29, 0.717) is 23.2 Å². The molecular weight excluding hydrogens is 296 g/mol. The lowest BCUT2D eigenvalue weighted by Gasteiger charge is -2.26. The number of aryl methyl sites for hydroxylation is 1. The molecule has 0 radical (unpaired) electrons. The summed E-state index contributed by atoms with van der Waals surface area (Å²) in [5, 5.41) is 10.5. The third kappa shape index (κ3) is 3.36. The first kappa shape index (κ1) is 15.6. The number of hydrogen-bond donors (Lipinski definition) is 2. The van der Waals surface area contributed by atoms with Crippen LogP contribution >= 0.6 is 11.8 Å². The van der Waals surface area contributed by atoms with Crippen LogP contribution in [0, 0.1) is 12.8 Å². The van der Waals surface area contributed by atoms with Gasteiger partial charge in [0.25, 0.3) is 5.56 Å². The number of aromatic nitrogens is 2. The number of aliphatic hydroxyl groups excluding tert-OH is 1. The van der Waals surface area contributed by atoms with Crippen molar-refractivity contribution >= 4 is 22.7 Å². The average Bonchev–Trinajstić information content (AvgIpc) is 2.54. The molecule has 1 aromatic heterocycles. The lowest BCUT2D eigenvalue weighted by molar-refractivity contribution is 0.192. The van der Waals surface area contributed by atoms with Crippen LogP contribution in [0.2, 0.25) is 0 Å². The van der Waals surface area contributed by atoms with Gasteiger partial charge in [0, 0.05) is 11.9 Å². The van der Waals surface area contributed by atoms with Crippen LogP contribution in [0.1, 0.15) is 37.1 Å². The SMILES string of the molecule is Cc1cccc2c(=O)[nH]c(CS[C@H]3CC[C@H](CO)CC3)nc12. The predicted molar refractivity (Wildman–Crippen MR) is 91.2 cm³/mol. The van der Waals surface area contributed by atoms with Crippen LogP contribution in [-0.4, -0.2) is 26.9 Å². The quantitative estimate of drug-likeness (QED) is 0.909. The van der Waals surface area contributed by atoms with Crippen molar-refractivity contribution in [2.45, 2.75) is 43.6 Å². The normalized spacial score (nSPS) is 22.1. The van der Waals surface area contributed by atoms with Crippen molar-refractivity contribution in [3.8, 4) is 0 Å². The van der Waals surface area contributed by atoms with E-state index >= 15 is 0 Å². The molecule has 118 valence electrons.